The first kappa shape index (κ1) is 12.3. The molecule has 1 aromatic heterocycles. The number of hydrogen-bond acceptors (Lipinski definition) is 4. The van der Waals surface area contributed by atoms with E-state index in [4.69, 9.17) is 16.3 Å². The molecule has 1 unspecified atom stereocenters. The zero-order valence-corrected chi connectivity index (χ0v) is 10.2. The van der Waals surface area contributed by atoms with Crippen LogP contribution in [0.3, 0.4) is 0 Å². The number of H-pyrrole nitrogens is 1. The summed E-state index contributed by atoms with van der Waals surface area (Å²) in [5.41, 5.74) is -1.02. The lowest BCUT2D eigenvalue weighted by Crippen LogP contribution is -2.44. The third-order valence-electron chi connectivity index (χ3n) is 2.71. The van der Waals surface area contributed by atoms with Crippen LogP contribution in [0.2, 0.25) is 5.02 Å². The summed E-state index contributed by atoms with van der Waals surface area (Å²) in [6, 6.07) is 0. The predicted molar refractivity (Wildman–Crippen MR) is 63.6 cm³/mol. The highest BCUT2D eigenvalue weighted by molar-refractivity contribution is 6.30. The lowest BCUT2D eigenvalue weighted by atomic mass is 10.3. The first-order chi connectivity index (χ1) is 8.06. The summed E-state index contributed by atoms with van der Waals surface area (Å²) < 4.78 is 6.91. The molecule has 0 spiro atoms. The Bertz CT molecular complexity index is 510. The SMILES string of the molecule is CN1CCOC(Cn2cc(Cl)c(=O)[nH]c2=O)C1. The van der Waals surface area contributed by atoms with E-state index in [1.165, 1.54) is 10.8 Å². The summed E-state index contributed by atoms with van der Waals surface area (Å²) in [7, 11) is 2.00. The van der Waals surface area contributed by atoms with Crippen molar-refractivity contribution in [2.45, 2.75) is 12.6 Å². The number of halogens is 1. The van der Waals surface area contributed by atoms with E-state index in [0.717, 1.165) is 13.1 Å². The molecule has 1 aromatic rings. The number of nitrogens with zero attached hydrogens (tertiary/aromatic N) is 2. The van der Waals surface area contributed by atoms with Crippen LogP contribution in [-0.2, 0) is 11.3 Å². The van der Waals surface area contributed by atoms with Crippen LogP contribution in [0.4, 0.5) is 0 Å². The molecule has 7 heteroatoms. The van der Waals surface area contributed by atoms with Gasteiger partial charge in [-0.3, -0.25) is 14.3 Å². The Balaban J connectivity index is 2.16. The molecule has 0 aliphatic carbocycles. The van der Waals surface area contributed by atoms with Gasteiger partial charge in [-0.15, -0.1) is 0 Å². The molecule has 1 atom stereocenters. The molecule has 94 valence electrons. The predicted octanol–water partition coefficient (Wildman–Crippen LogP) is -0.479. The second kappa shape index (κ2) is 5.03. The molecule has 0 aromatic carbocycles. The standard InChI is InChI=1S/C10H14ClN3O3/c1-13-2-3-17-7(4-13)5-14-6-8(11)9(15)12-10(14)16/h6-7H,2-5H2,1H3,(H,12,15,16). The van der Waals surface area contributed by atoms with Gasteiger partial charge in [-0.1, -0.05) is 11.6 Å². The Labute approximate surface area is 103 Å². The van der Waals surface area contributed by atoms with Crippen LogP contribution in [0.1, 0.15) is 0 Å². The fourth-order valence-electron chi connectivity index (χ4n) is 1.81. The second-order valence-electron chi connectivity index (χ2n) is 4.14. The minimum Gasteiger partial charge on any atom is -0.374 e. The van der Waals surface area contributed by atoms with E-state index in [2.05, 4.69) is 9.88 Å². The molecule has 2 rings (SSSR count). The van der Waals surface area contributed by atoms with Gasteiger partial charge in [-0.25, -0.2) is 4.79 Å². The summed E-state index contributed by atoms with van der Waals surface area (Å²) in [4.78, 5) is 26.9. The Morgan fingerprint density at radius 2 is 2.35 bits per heavy atom. The number of hydrogen-bond donors (Lipinski definition) is 1. The molecular weight excluding hydrogens is 246 g/mol. The molecule has 0 bridgehead atoms. The minimum absolute atomic E-state index is 0.00811. The number of morpholine rings is 1. The molecule has 1 aliphatic rings. The largest absolute Gasteiger partial charge is 0.374 e. The fraction of sp³-hybridized carbons (Fsp3) is 0.600. The second-order valence-corrected chi connectivity index (χ2v) is 4.55. The van der Waals surface area contributed by atoms with E-state index >= 15 is 0 Å². The molecule has 6 nitrogen and oxygen atoms in total. The van der Waals surface area contributed by atoms with Crippen molar-refractivity contribution in [2.24, 2.45) is 0 Å². The normalized spacial score (nSPS) is 21.6. The van der Waals surface area contributed by atoms with Gasteiger partial charge in [0, 0.05) is 19.3 Å². The molecular formula is C10H14ClN3O3. The van der Waals surface area contributed by atoms with Crippen molar-refractivity contribution in [2.75, 3.05) is 26.7 Å². The molecule has 1 saturated heterocycles. The summed E-state index contributed by atoms with van der Waals surface area (Å²) in [5, 5.41) is 0.00811. The number of likely N-dealkylation sites (N-methyl/N-ethyl adjacent to an activating group) is 1. The molecule has 0 radical (unpaired) electrons. The van der Waals surface area contributed by atoms with Crippen LogP contribution in [0.25, 0.3) is 0 Å². The van der Waals surface area contributed by atoms with Crippen molar-refractivity contribution in [3.8, 4) is 0 Å². The van der Waals surface area contributed by atoms with Crippen molar-refractivity contribution in [3.05, 3.63) is 32.1 Å². The molecule has 0 amide bonds. The van der Waals surface area contributed by atoms with Crippen LogP contribution in [-0.4, -0.2) is 47.3 Å². The number of nitrogens with one attached hydrogen (secondary N) is 1. The lowest BCUT2D eigenvalue weighted by Gasteiger charge is -2.30. The van der Waals surface area contributed by atoms with Gasteiger partial charge in [0.1, 0.15) is 5.02 Å². The summed E-state index contributed by atoms with van der Waals surface area (Å²) in [6.07, 6.45) is 1.29. The van der Waals surface area contributed by atoms with Crippen LogP contribution in [0.15, 0.2) is 15.8 Å². The van der Waals surface area contributed by atoms with Gasteiger partial charge in [-0.2, -0.15) is 0 Å². The van der Waals surface area contributed by atoms with Crippen molar-refractivity contribution < 1.29 is 4.74 Å². The van der Waals surface area contributed by atoms with Gasteiger partial charge in [0.25, 0.3) is 5.56 Å². The average molecular weight is 260 g/mol. The number of aromatic amines is 1. The van der Waals surface area contributed by atoms with Gasteiger partial charge >= 0.3 is 5.69 Å². The summed E-state index contributed by atoms with van der Waals surface area (Å²) in [6.45, 7) is 2.67. The van der Waals surface area contributed by atoms with Gasteiger partial charge in [0.2, 0.25) is 0 Å². The Morgan fingerprint density at radius 3 is 3.06 bits per heavy atom. The van der Waals surface area contributed by atoms with Crippen LogP contribution >= 0.6 is 11.6 Å². The average Bonchev–Trinajstić information content (AvgIpc) is 2.26. The van der Waals surface area contributed by atoms with Crippen molar-refractivity contribution in [3.63, 3.8) is 0 Å². The topological polar surface area (TPSA) is 67.3 Å². The van der Waals surface area contributed by atoms with Gasteiger partial charge in [0.05, 0.1) is 19.3 Å². The monoisotopic (exact) mass is 259 g/mol. The molecule has 0 saturated carbocycles. The molecule has 1 N–H and O–H groups in total. The Hall–Kier alpha value is -1.11. The van der Waals surface area contributed by atoms with Gasteiger partial charge < -0.3 is 9.64 Å². The van der Waals surface area contributed by atoms with E-state index < -0.39 is 11.2 Å². The molecule has 1 aliphatic heterocycles. The third-order valence-corrected chi connectivity index (χ3v) is 2.98. The van der Waals surface area contributed by atoms with E-state index in [9.17, 15) is 9.59 Å². The van der Waals surface area contributed by atoms with Crippen LogP contribution in [0, 0.1) is 0 Å². The van der Waals surface area contributed by atoms with Crippen molar-refractivity contribution >= 4 is 11.6 Å². The van der Waals surface area contributed by atoms with Crippen molar-refractivity contribution in [1.29, 1.82) is 0 Å². The van der Waals surface area contributed by atoms with E-state index in [1.54, 1.807) is 0 Å². The lowest BCUT2D eigenvalue weighted by molar-refractivity contribution is -0.0280. The highest BCUT2D eigenvalue weighted by Crippen LogP contribution is 2.05. The quantitative estimate of drug-likeness (QED) is 0.779. The number of ether oxygens (including phenoxy) is 1. The maximum atomic E-state index is 11.5. The summed E-state index contributed by atoms with van der Waals surface area (Å²) >= 11 is 5.68. The van der Waals surface area contributed by atoms with E-state index in [-0.39, 0.29) is 11.1 Å². The fourth-order valence-corrected chi connectivity index (χ4v) is 1.98. The zero-order chi connectivity index (χ0) is 12.4. The molecule has 2 heterocycles. The van der Waals surface area contributed by atoms with E-state index in [0.29, 0.717) is 13.2 Å². The molecule has 17 heavy (non-hydrogen) atoms. The maximum absolute atomic E-state index is 11.5. The zero-order valence-electron chi connectivity index (χ0n) is 9.48. The first-order valence-corrected chi connectivity index (χ1v) is 5.73. The van der Waals surface area contributed by atoms with Crippen molar-refractivity contribution in [1.82, 2.24) is 14.5 Å². The first-order valence-electron chi connectivity index (χ1n) is 5.35. The van der Waals surface area contributed by atoms with Gasteiger partial charge in [-0.05, 0) is 7.05 Å². The Kier molecular flexibility index (Phi) is 3.66. The highest BCUT2D eigenvalue weighted by Gasteiger charge is 2.18. The maximum Gasteiger partial charge on any atom is 0.328 e. The van der Waals surface area contributed by atoms with E-state index in [1.807, 2.05) is 7.05 Å². The summed E-state index contributed by atoms with van der Waals surface area (Å²) in [5.74, 6) is 0. The number of aromatic nitrogens is 2. The van der Waals surface area contributed by atoms with Crippen LogP contribution < -0.4 is 11.2 Å². The molecule has 1 fully saturated rings. The smallest absolute Gasteiger partial charge is 0.328 e. The Morgan fingerprint density at radius 1 is 1.59 bits per heavy atom. The third kappa shape index (κ3) is 2.96. The number of rotatable bonds is 2. The van der Waals surface area contributed by atoms with Gasteiger partial charge in [0.15, 0.2) is 0 Å². The van der Waals surface area contributed by atoms with Crippen LogP contribution in [0.5, 0.6) is 0 Å². The highest BCUT2D eigenvalue weighted by atomic mass is 35.5. The minimum atomic E-state index is -0.561.